The summed E-state index contributed by atoms with van der Waals surface area (Å²) in [5.74, 6) is -0.154. The molecule has 8 nitrogen and oxygen atoms in total. The molecule has 1 aliphatic rings. The Hall–Kier alpha value is -3.10. The normalized spacial score (nSPS) is 13.9. The van der Waals surface area contributed by atoms with Gasteiger partial charge in [0.25, 0.3) is 5.91 Å². The second-order valence-corrected chi connectivity index (χ2v) is 8.57. The number of anilines is 3. The highest BCUT2D eigenvalue weighted by Crippen LogP contribution is 2.23. The molecule has 178 valence electrons. The van der Waals surface area contributed by atoms with Crippen molar-refractivity contribution in [1.82, 2.24) is 10.2 Å². The van der Waals surface area contributed by atoms with Crippen molar-refractivity contribution in [1.29, 1.82) is 0 Å². The lowest BCUT2D eigenvalue weighted by atomic mass is 10.1. The smallest absolute Gasteiger partial charge is 0.323 e. The first-order chi connectivity index (χ1) is 15.8. The van der Waals surface area contributed by atoms with Crippen molar-refractivity contribution >= 4 is 29.0 Å². The number of ether oxygens (including phenoxy) is 1. The fourth-order valence-electron chi connectivity index (χ4n) is 3.72. The van der Waals surface area contributed by atoms with Gasteiger partial charge in [-0.25, -0.2) is 4.79 Å². The van der Waals surface area contributed by atoms with Crippen LogP contribution in [0.15, 0.2) is 36.4 Å². The van der Waals surface area contributed by atoms with Gasteiger partial charge in [-0.15, -0.1) is 0 Å². The van der Waals surface area contributed by atoms with Crippen molar-refractivity contribution in [2.75, 3.05) is 69.0 Å². The summed E-state index contributed by atoms with van der Waals surface area (Å²) in [7, 11) is 3.79. The molecule has 2 aromatic carbocycles. The number of hydrogen-bond donors (Lipinski definition) is 3. The lowest BCUT2D eigenvalue weighted by Gasteiger charge is -2.26. The van der Waals surface area contributed by atoms with E-state index in [1.165, 1.54) is 5.56 Å². The molecule has 1 fully saturated rings. The van der Waals surface area contributed by atoms with Crippen molar-refractivity contribution in [3.8, 4) is 0 Å². The van der Waals surface area contributed by atoms with E-state index in [9.17, 15) is 9.59 Å². The van der Waals surface area contributed by atoms with Gasteiger partial charge >= 0.3 is 6.03 Å². The monoisotopic (exact) mass is 453 g/mol. The van der Waals surface area contributed by atoms with Crippen molar-refractivity contribution in [2.24, 2.45) is 0 Å². The largest absolute Gasteiger partial charge is 0.379 e. The predicted octanol–water partition coefficient (Wildman–Crippen LogP) is 3.47. The molecule has 0 aromatic heterocycles. The van der Waals surface area contributed by atoms with Gasteiger partial charge in [-0.3, -0.25) is 9.69 Å². The van der Waals surface area contributed by atoms with Gasteiger partial charge in [0.15, 0.2) is 0 Å². The van der Waals surface area contributed by atoms with Crippen LogP contribution in [0.5, 0.6) is 0 Å². The summed E-state index contributed by atoms with van der Waals surface area (Å²) < 4.78 is 5.37. The Morgan fingerprint density at radius 3 is 2.30 bits per heavy atom. The molecule has 1 saturated heterocycles. The van der Waals surface area contributed by atoms with E-state index in [1.807, 2.05) is 57.1 Å². The molecule has 0 aliphatic carbocycles. The van der Waals surface area contributed by atoms with Crippen LogP contribution < -0.4 is 20.9 Å². The minimum atomic E-state index is -0.354. The van der Waals surface area contributed by atoms with Gasteiger partial charge in [0.2, 0.25) is 0 Å². The molecule has 1 aliphatic heterocycles. The molecule has 0 radical (unpaired) electrons. The molecule has 3 amide bonds. The third kappa shape index (κ3) is 7.20. The summed E-state index contributed by atoms with van der Waals surface area (Å²) in [5, 5.41) is 8.69. The molecule has 0 unspecified atom stereocenters. The zero-order chi connectivity index (χ0) is 23.8. The van der Waals surface area contributed by atoms with Gasteiger partial charge in [-0.05, 0) is 68.3 Å². The number of rotatable bonds is 8. The quantitative estimate of drug-likeness (QED) is 0.533. The number of morpholine rings is 1. The van der Waals surface area contributed by atoms with Gasteiger partial charge < -0.3 is 25.6 Å². The first kappa shape index (κ1) is 24.5. The summed E-state index contributed by atoms with van der Waals surface area (Å²) in [4.78, 5) is 29.6. The number of carbonyl (C=O) groups excluding carboxylic acids is 2. The Kier molecular flexibility index (Phi) is 8.68. The molecule has 0 bridgehead atoms. The molecule has 3 N–H and O–H groups in total. The number of benzene rings is 2. The van der Waals surface area contributed by atoms with E-state index in [-0.39, 0.29) is 11.9 Å². The van der Waals surface area contributed by atoms with E-state index in [1.54, 1.807) is 12.1 Å². The van der Waals surface area contributed by atoms with Crippen molar-refractivity contribution in [2.45, 2.75) is 20.3 Å². The number of carbonyl (C=O) groups is 2. The lowest BCUT2D eigenvalue weighted by Crippen LogP contribution is -2.38. The highest BCUT2D eigenvalue weighted by molar-refractivity contribution is 6.04. The van der Waals surface area contributed by atoms with E-state index < -0.39 is 0 Å². The molecule has 0 atom stereocenters. The van der Waals surface area contributed by atoms with Crippen LogP contribution >= 0.6 is 0 Å². The van der Waals surface area contributed by atoms with Crippen molar-refractivity contribution in [3.63, 3.8) is 0 Å². The van der Waals surface area contributed by atoms with E-state index >= 15 is 0 Å². The summed E-state index contributed by atoms with van der Waals surface area (Å²) in [6.45, 7) is 8.99. The molecule has 8 heteroatoms. The van der Waals surface area contributed by atoms with Crippen LogP contribution in [0.4, 0.5) is 21.9 Å². The Labute approximate surface area is 196 Å². The standard InChI is InChI=1S/C25H35N5O3/c1-18-6-7-20(16-19(18)2)27-25(32)28-21-8-9-23(29(3)4)22(17-21)24(31)26-10-5-11-30-12-14-33-15-13-30/h6-9,16-17H,5,10-15H2,1-4H3,(H,26,31)(H2,27,28,32). The fourth-order valence-corrected chi connectivity index (χ4v) is 3.72. The van der Waals surface area contributed by atoms with Crippen LogP contribution in [-0.2, 0) is 4.74 Å². The van der Waals surface area contributed by atoms with Gasteiger partial charge in [0.1, 0.15) is 0 Å². The van der Waals surface area contributed by atoms with E-state index in [4.69, 9.17) is 4.74 Å². The maximum absolute atomic E-state index is 12.9. The van der Waals surface area contributed by atoms with Crippen LogP contribution in [0, 0.1) is 13.8 Å². The van der Waals surface area contributed by atoms with E-state index in [0.29, 0.717) is 17.8 Å². The number of aryl methyl sites for hydroxylation is 2. The van der Waals surface area contributed by atoms with Crippen LogP contribution in [0.3, 0.4) is 0 Å². The zero-order valence-corrected chi connectivity index (χ0v) is 20.0. The van der Waals surface area contributed by atoms with Crippen LogP contribution in [0.25, 0.3) is 0 Å². The Morgan fingerprint density at radius 2 is 1.64 bits per heavy atom. The second-order valence-electron chi connectivity index (χ2n) is 8.57. The first-order valence-electron chi connectivity index (χ1n) is 11.4. The SMILES string of the molecule is Cc1ccc(NC(=O)Nc2ccc(N(C)C)c(C(=O)NCCCN3CCOCC3)c2)cc1C. The van der Waals surface area contributed by atoms with Crippen LogP contribution in [-0.4, -0.2) is 70.3 Å². The van der Waals surface area contributed by atoms with E-state index in [0.717, 1.165) is 56.2 Å². The van der Waals surface area contributed by atoms with Gasteiger partial charge in [0.05, 0.1) is 18.8 Å². The minimum absolute atomic E-state index is 0.154. The molecule has 3 rings (SSSR count). The number of nitrogens with one attached hydrogen (secondary N) is 3. The third-order valence-electron chi connectivity index (χ3n) is 5.79. The number of hydrogen-bond acceptors (Lipinski definition) is 5. The van der Waals surface area contributed by atoms with Gasteiger partial charge in [-0.2, -0.15) is 0 Å². The third-order valence-corrected chi connectivity index (χ3v) is 5.79. The Balaban J connectivity index is 1.59. The highest BCUT2D eigenvalue weighted by atomic mass is 16.5. The Bertz CT molecular complexity index is 971. The lowest BCUT2D eigenvalue weighted by molar-refractivity contribution is 0.0374. The maximum Gasteiger partial charge on any atom is 0.323 e. The van der Waals surface area contributed by atoms with Crippen molar-refractivity contribution < 1.29 is 14.3 Å². The summed E-state index contributed by atoms with van der Waals surface area (Å²) in [6, 6.07) is 10.8. The zero-order valence-electron chi connectivity index (χ0n) is 20.0. The number of amides is 3. The average molecular weight is 454 g/mol. The van der Waals surface area contributed by atoms with Crippen LogP contribution in [0.1, 0.15) is 27.9 Å². The molecular formula is C25H35N5O3. The second kappa shape index (κ2) is 11.7. The average Bonchev–Trinajstić information content (AvgIpc) is 2.79. The topological polar surface area (TPSA) is 85.9 Å². The van der Waals surface area contributed by atoms with Crippen molar-refractivity contribution in [3.05, 3.63) is 53.1 Å². The summed E-state index contributed by atoms with van der Waals surface area (Å²) in [6.07, 6.45) is 0.874. The minimum Gasteiger partial charge on any atom is -0.379 e. The van der Waals surface area contributed by atoms with Gasteiger partial charge in [0, 0.05) is 50.8 Å². The fraction of sp³-hybridized carbons (Fsp3) is 0.440. The molecule has 0 saturated carbocycles. The Morgan fingerprint density at radius 1 is 0.970 bits per heavy atom. The van der Waals surface area contributed by atoms with E-state index in [2.05, 4.69) is 20.9 Å². The summed E-state index contributed by atoms with van der Waals surface area (Å²) in [5.41, 5.74) is 4.87. The highest BCUT2D eigenvalue weighted by Gasteiger charge is 2.15. The molecule has 2 aromatic rings. The molecule has 0 spiro atoms. The predicted molar refractivity (Wildman–Crippen MR) is 134 cm³/mol. The van der Waals surface area contributed by atoms with Crippen LogP contribution in [0.2, 0.25) is 0 Å². The number of urea groups is 1. The molecule has 33 heavy (non-hydrogen) atoms. The first-order valence-corrected chi connectivity index (χ1v) is 11.4. The molecule has 1 heterocycles. The number of nitrogens with zero attached hydrogens (tertiary/aromatic N) is 2. The maximum atomic E-state index is 12.9. The summed E-state index contributed by atoms with van der Waals surface area (Å²) >= 11 is 0. The van der Waals surface area contributed by atoms with Gasteiger partial charge in [-0.1, -0.05) is 6.07 Å². The molecular weight excluding hydrogens is 418 g/mol.